The van der Waals surface area contributed by atoms with E-state index in [0.717, 1.165) is 18.6 Å². The molecule has 1 aromatic heterocycles. The normalized spacial score (nSPS) is 20.6. The number of hydrogen-bond donors (Lipinski definition) is 1. The van der Waals surface area contributed by atoms with E-state index in [9.17, 15) is 0 Å². The lowest BCUT2D eigenvalue weighted by Crippen LogP contribution is -2.34. The van der Waals surface area contributed by atoms with Crippen molar-refractivity contribution in [2.75, 3.05) is 13.1 Å². The summed E-state index contributed by atoms with van der Waals surface area (Å²) in [5, 5.41) is 8.08. The molecule has 0 unspecified atom stereocenters. The van der Waals surface area contributed by atoms with Crippen LogP contribution in [0.4, 0.5) is 0 Å². The highest BCUT2D eigenvalue weighted by Crippen LogP contribution is 2.28. The van der Waals surface area contributed by atoms with E-state index in [0.29, 0.717) is 0 Å². The summed E-state index contributed by atoms with van der Waals surface area (Å²) in [6, 6.07) is 3.98. The molecule has 2 fully saturated rings. The molecule has 0 saturated heterocycles. The Balaban J connectivity index is 1.46. The van der Waals surface area contributed by atoms with Crippen LogP contribution in [0, 0.1) is 0 Å². The fraction of sp³-hybridized carbons (Fsp3) is 0.692. The lowest BCUT2D eigenvalue weighted by atomic mass is 10.3. The van der Waals surface area contributed by atoms with Crippen LogP contribution >= 0.6 is 11.3 Å². The third-order valence-electron chi connectivity index (χ3n) is 3.44. The first kappa shape index (κ1) is 10.8. The average molecular weight is 236 g/mol. The van der Waals surface area contributed by atoms with E-state index in [4.69, 9.17) is 0 Å². The van der Waals surface area contributed by atoms with E-state index in [1.165, 1.54) is 44.3 Å². The number of hydrogen-bond acceptors (Lipinski definition) is 3. The molecule has 2 nitrogen and oxygen atoms in total. The third kappa shape index (κ3) is 3.06. The van der Waals surface area contributed by atoms with Gasteiger partial charge in [0.1, 0.15) is 0 Å². The van der Waals surface area contributed by atoms with Gasteiger partial charge < -0.3 is 5.32 Å². The SMILES string of the molecule is c1cc(CN(CCNC2CC2)C2CC2)cs1. The van der Waals surface area contributed by atoms with Crippen molar-refractivity contribution in [1.82, 2.24) is 10.2 Å². The van der Waals surface area contributed by atoms with Crippen molar-refractivity contribution in [2.45, 2.75) is 44.3 Å². The van der Waals surface area contributed by atoms with Crippen LogP contribution in [0.1, 0.15) is 31.2 Å². The lowest BCUT2D eigenvalue weighted by Gasteiger charge is -2.21. The van der Waals surface area contributed by atoms with Crippen LogP contribution in [-0.2, 0) is 6.54 Å². The molecule has 0 aromatic carbocycles. The van der Waals surface area contributed by atoms with Crippen molar-refractivity contribution in [2.24, 2.45) is 0 Å². The highest BCUT2D eigenvalue weighted by atomic mass is 32.1. The molecule has 1 heterocycles. The summed E-state index contributed by atoms with van der Waals surface area (Å²) in [4.78, 5) is 2.65. The van der Waals surface area contributed by atoms with Crippen molar-refractivity contribution < 1.29 is 0 Å². The van der Waals surface area contributed by atoms with Gasteiger partial charge in [-0.15, -0.1) is 0 Å². The highest BCUT2D eigenvalue weighted by Gasteiger charge is 2.29. The van der Waals surface area contributed by atoms with Crippen molar-refractivity contribution >= 4 is 11.3 Å². The van der Waals surface area contributed by atoms with Gasteiger partial charge in [-0.1, -0.05) is 0 Å². The number of rotatable bonds is 7. The standard InChI is InChI=1S/C13H20N2S/c1-2-12(1)14-6-7-15(13-3-4-13)9-11-5-8-16-10-11/h5,8,10,12-14H,1-4,6-7,9H2. The Labute approximate surface area is 102 Å². The van der Waals surface area contributed by atoms with Crippen LogP contribution in [0.15, 0.2) is 16.8 Å². The second-order valence-corrected chi connectivity index (χ2v) is 5.84. The first-order valence-electron chi connectivity index (χ1n) is 6.40. The summed E-state index contributed by atoms with van der Waals surface area (Å²) in [6.07, 6.45) is 5.61. The molecule has 2 aliphatic rings. The van der Waals surface area contributed by atoms with Crippen LogP contribution < -0.4 is 5.32 Å². The predicted octanol–water partition coefficient (Wildman–Crippen LogP) is 2.46. The molecule has 16 heavy (non-hydrogen) atoms. The van der Waals surface area contributed by atoms with Crippen LogP contribution in [0.2, 0.25) is 0 Å². The molecule has 3 rings (SSSR count). The summed E-state index contributed by atoms with van der Waals surface area (Å²) in [6.45, 7) is 3.54. The second kappa shape index (κ2) is 4.86. The van der Waals surface area contributed by atoms with E-state index in [1.807, 2.05) is 11.3 Å². The average Bonchev–Trinajstić information content (AvgIpc) is 3.19. The van der Waals surface area contributed by atoms with Crippen molar-refractivity contribution in [3.63, 3.8) is 0 Å². The maximum absolute atomic E-state index is 3.61. The van der Waals surface area contributed by atoms with E-state index in [-0.39, 0.29) is 0 Å². The zero-order valence-corrected chi connectivity index (χ0v) is 10.5. The Morgan fingerprint density at radius 1 is 1.31 bits per heavy atom. The number of thiophene rings is 1. The molecule has 0 atom stereocenters. The molecule has 0 aliphatic heterocycles. The molecule has 0 radical (unpaired) electrons. The third-order valence-corrected chi connectivity index (χ3v) is 4.17. The Kier molecular flexibility index (Phi) is 3.27. The van der Waals surface area contributed by atoms with Gasteiger partial charge in [-0.25, -0.2) is 0 Å². The molecule has 2 aliphatic carbocycles. The lowest BCUT2D eigenvalue weighted by molar-refractivity contribution is 0.254. The molecule has 0 bridgehead atoms. The van der Waals surface area contributed by atoms with Crippen LogP contribution in [-0.4, -0.2) is 30.1 Å². The Hall–Kier alpha value is -0.380. The van der Waals surface area contributed by atoms with Gasteiger partial charge in [0, 0.05) is 31.7 Å². The van der Waals surface area contributed by atoms with Gasteiger partial charge in [0.05, 0.1) is 0 Å². The van der Waals surface area contributed by atoms with Gasteiger partial charge >= 0.3 is 0 Å². The van der Waals surface area contributed by atoms with Crippen LogP contribution in [0.25, 0.3) is 0 Å². The number of nitrogens with zero attached hydrogens (tertiary/aromatic N) is 1. The zero-order chi connectivity index (χ0) is 10.8. The summed E-state index contributed by atoms with van der Waals surface area (Å²) in [5.74, 6) is 0. The minimum absolute atomic E-state index is 0.849. The predicted molar refractivity (Wildman–Crippen MR) is 68.8 cm³/mol. The van der Waals surface area contributed by atoms with Crippen molar-refractivity contribution in [1.29, 1.82) is 0 Å². The van der Waals surface area contributed by atoms with Gasteiger partial charge in [-0.05, 0) is 48.1 Å². The van der Waals surface area contributed by atoms with Gasteiger partial charge in [0.15, 0.2) is 0 Å². The van der Waals surface area contributed by atoms with E-state index >= 15 is 0 Å². The van der Waals surface area contributed by atoms with Gasteiger partial charge in [0.2, 0.25) is 0 Å². The maximum atomic E-state index is 3.61. The first-order valence-corrected chi connectivity index (χ1v) is 7.34. The molecule has 3 heteroatoms. The topological polar surface area (TPSA) is 15.3 Å². The minimum atomic E-state index is 0.849. The van der Waals surface area contributed by atoms with Crippen LogP contribution in [0.5, 0.6) is 0 Å². The molecule has 0 amide bonds. The van der Waals surface area contributed by atoms with E-state index in [1.54, 1.807) is 0 Å². The second-order valence-electron chi connectivity index (χ2n) is 5.06. The van der Waals surface area contributed by atoms with Crippen molar-refractivity contribution in [3.05, 3.63) is 22.4 Å². The summed E-state index contributed by atoms with van der Waals surface area (Å²) < 4.78 is 0. The molecule has 1 N–H and O–H groups in total. The quantitative estimate of drug-likeness (QED) is 0.782. The Morgan fingerprint density at radius 3 is 2.81 bits per heavy atom. The molecule has 1 aromatic rings. The Bertz CT molecular complexity index is 315. The molecule has 0 spiro atoms. The largest absolute Gasteiger partial charge is 0.313 e. The zero-order valence-electron chi connectivity index (χ0n) is 9.69. The van der Waals surface area contributed by atoms with Gasteiger partial charge in [0.25, 0.3) is 0 Å². The van der Waals surface area contributed by atoms with Gasteiger partial charge in [-0.2, -0.15) is 11.3 Å². The summed E-state index contributed by atoms with van der Waals surface area (Å²) >= 11 is 1.81. The maximum Gasteiger partial charge on any atom is 0.0245 e. The monoisotopic (exact) mass is 236 g/mol. The first-order chi connectivity index (χ1) is 7.92. The van der Waals surface area contributed by atoms with E-state index in [2.05, 4.69) is 27.0 Å². The number of nitrogens with one attached hydrogen (secondary N) is 1. The minimum Gasteiger partial charge on any atom is -0.313 e. The molecule has 88 valence electrons. The van der Waals surface area contributed by atoms with E-state index < -0.39 is 0 Å². The fourth-order valence-electron chi connectivity index (χ4n) is 2.15. The highest BCUT2D eigenvalue weighted by molar-refractivity contribution is 7.07. The molecule has 2 saturated carbocycles. The smallest absolute Gasteiger partial charge is 0.0245 e. The Morgan fingerprint density at radius 2 is 2.19 bits per heavy atom. The fourth-order valence-corrected chi connectivity index (χ4v) is 2.81. The molecular weight excluding hydrogens is 216 g/mol. The molecular formula is C13H20N2S. The van der Waals surface area contributed by atoms with Crippen LogP contribution in [0.3, 0.4) is 0 Å². The van der Waals surface area contributed by atoms with Crippen molar-refractivity contribution in [3.8, 4) is 0 Å². The summed E-state index contributed by atoms with van der Waals surface area (Å²) in [7, 11) is 0. The van der Waals surface area contributed by atoms with Gasteiger partial charge in [-0.3, -0.25) is 4.90 Å². The summed E-state index contributed by atoms with van der Waals surface area (Å²) in [5.41, 5.74) is 1.49.